The SMILES string of the molecule is CN(C)CCCN(C(=O)c1cc(Br)ccc1Cl)c1nc2c(F)cc(F)cc2s1. The second-order valence-corrected chi connectivity index (χ2v) is 8.80. The Morgan fingerprint density at radius 3 is 2.68 bits per heavy atom. The molecule has 0 unspecified atom stereocenters. The van der Waals surface area contributed by atoms with Crippen molar-refractivity contribution in [3.05, 3.63) is 57.0 Å². The first-order valence-electron chi connectivity index (χ1n) is 8.43. The molecule has 1 aromatic heterocycles. The molecule has 0 aliphatic rings. The lowest BCUT2D eigenvalue weighted by atomic mass is 10.2. The van der Waals surface area contributed by atoms with E-state index in [-0.39, 0.29) is 11.4 Å². The van der Waals surface area contributed by atoms with Gasteiger partial charge in [-0.2, -0.15) is 0 Å². The summed E-state index contributed by atoms with van der Waals surface area (Å²) in [5.74, 6) is -1.77. The number of nitrogens with zero attached hydrogens (tertiary/aromatic N) is 3. The molecule has 0 aliphatic heterocycles. The Kier molecular flexibility index (Phi) is 6.65. The Labute approximate surface area is 178 Å². The smallest absolute Gasteiger partial charge is 0.261 e. The van der Waals surface area contributed by atoms with E-state index in [1.807, 2.05) is 19.0 Å². The number of anilines is 1. The lowest BCUT2D eigenvalue weighted by Crippen LogP contribution is -2.33. The van der Waals surface area contributed by atoms with Gasteiger partial charge in [-0.15, -0.1) is 0 Å². The minimum atomic E-state index is -0.751. The van der Waals surface area contributed by atoms with Crippen LogP contribution in [-0.4, -0.2) is 43.0 Å². The molecule has 3 aromatic rings. The molecule has 0 saturated carbocycles. The normalized spacial score (nSPS) is 11.4. The van der Waals surface area contributed by atoms with Gasteiger partial charge in [0.2, 0.25) is 0 Å². The predicted molar refractivity (Wildman–Crippen MR) is 114 cm³/mol. The van der Waals surface area contributed by atoms with Gasteiger partial charge in [-0.05, 0) is 51.3 Å². The van der Waals surface area contributed by atoms with Crippen LogP contribution < -0.4 is 4.90 Å². The third-order valence-electron chi connectivity index (χ3n) is 4.02. The van der Waals surface area contributed by atoms with Gasteiger partial charge >= 0.3 is 0 Å². The fraction of sp³-hybridized carbons (Fsp3) is 0.263. The lowest BCUT2D eigenvalue weighted by Gasteiger charge is -2.21. The summed E-state index contributed by atoms with van der Waals surface area (Å²) in [6, 6.07) is 7.01. The van der Waals surface area contributed by atoms with Crippen LogP contribution in [0.2, 0.25) is 5.02 Å². The van der Waals surface area contributed by atoms with Gasteiger partial charge in [-0.1, -0.05) is 38.9 Å². The van der Waals surface area contributed by atoms with Gasteiger partial charge in [0.25, 0.3) is 5.91 Å². The average Bonchev–Trinajstić information content (AvgIpc) is 3.04. The monoisotopic (exact) mass is 487 g/mol. The molecule has 3 rings (SSSR count). The van der Waals surface area contributed by atoms with E-state index in [9.17, 15) is 13.6 Å². The molecule has 0 bridgehead atoms. The first kappa shape index (κ1) is 21.1. The predicted octanol–water partition coefficient (Wildman–Crippen LogP) is 5.59. The summed E-state index contributed by atoms with van der Waals surface area (Å²) in [5, 5.41) is 0.614. The zero-order valence-electron chi connectivity index (χ0n) is 15.2. The maximum Gasteiger partial charge on any atom is 0.261 e. The third-order valence-corrected chi connectivity index (χ3v) is 5.87. The molecule has 9 heteroatoms. The molecule has 0 fully saturated rings. The van der Waals surface area contributed by atoms with Gasteiger partial charge in [-0.3, -0.25) is 9.69 Å². The van der Waals surface area contributed by atoms with Crippen LogP contribution in [0.4, 0.5) is 13.9 Å². The van der Waals surface area contributed by atoms with E-state index in [0.29, 0.717) is 37.9 Å². The molecule has 2 aromatic carbocycles. The number of fused-ring (bicyclic) bond motifs is 1. The highest BCUT2D eigenvalue weighted by molar-refractivity contribution is 9.10. The summed E-state index contributed by atoms with van der Waals surface area (Å²) in [7, 11) is 3.88. The molecule has 0 saturated heterocycles. The highest BCUT2D eigenvalue weighted by atomic mass is 79.9. The Hall–Kier alpha value is -1.61. The van der Waals surface area contributed by atoms with Gasteiger partial charge < -0.3 is 4.90 Å². The van der Waals surface area contributed by atoms with Gasteiger partial charge in [0.1, 0.15) is 11.3 Å². The van der Waals surface area contributed by atoms with Crippen molar-refractivity contribution in [1.29, 1.82) is 0 Å². The van der Waals surface area contributed by atoms with Gasteiger partial charge in [-0.25, -0.2) is 13.8 Å². The number of thiazole rings is 1. The van der Waals surface area contributed by atoms with E-state index in [1.54, 1.807) is 18.2 Å². The number of hydrogen-bond donors (Lipinski definition) is 0. The molecule has 0 radical (unpaired) electrons. The van der Waals surface area contributed by atoms with E-state index in [0.717, 1.165) is 23.9 Å². The third kappa shape index (κ3) is 4.68. The zero-order chi connectivity index (χ0) is 20.4. The second-order valence-electron chi connectivity index (χ2n) is 6.47. The molecule has 0 spiro atoms. The van der Waals surface area contributed by atoms with Crippen LogP contribution in [0.25, 0.3) is 10.2 Å². The molecule has 1 amide bonds. The van der Waals surface area contributed by atoms with Crippen LogP contribution >= 0.6 is 38.9 Å². The summed E-state index contributed by atoms with van der Waals surface area (Å²) >= 11 is 10.6. The molecule has 1 heterocycles. The number of carbonyl (C=O) groups is 1. The largest absolute Gasteiger partial charge is 0.309 e. The average molecular weight is 489 g/mol. The summed E-state index contributed by atoms with van der Waals surface area (Å²) in [6.07, 6.45) is 0.678. The number of rotatable bonds is 6. The minimum Gasteiger partial charge on any atom is -0.309 e. The molecular weight excluding hydrogens is 472 g/mol. The second kappa shape index (κ2) is 8.82. The molecule has 0 atom stereocenters. The minimum absolute atomic E-state index is 0.0483. The van der Waals surface area contributed by atoms with Crippen molar-refractivity contribution < 1.29 is 13.6 Å². The number of amides is 1. The Balaban J connectivity index is 2.02. The summed E-state index contributed by atoms with van der Waals surface area (Å²) in [5.41, 5.74) is 0.360. The van der Waals surface area contributed by atoms with Crippen molar-refractivity contribution in [3.63, 3.8) is 0 Å². The summed E-state index contributed by atoms with van der Waals surface area (Å²) in [6.45, 7) is 1.12. The van der Waals surface area contributed by atoms with E-state index >= 15 is 0 Å². The first-order chi connectivity index (χ1) is 13.3. The Bertz CT molecular complexity index is 1030. The van der Waals surface area contributed by atoms with E-state index in [1.165, 1.54) is 11.0 Å². The number of benzene rings is 2. The number of aromatic nitrogens is 1. The van der Waals surface area contributed by atoms with Crippen LogP contribution in [-0.2, 0) is 0 Å². The van der Waals surface area contributed by atoms with Crippen molar-refractivity contribution in [2.75, 3.05) is 32.1 Å². The van der Waals surface area contributed by atoms with Crippen LogP contribution in [0.3, 0.4) is 0 Å². The summed E-state index contributed by atoms with van der Waals surface area (Å²) < 4.78 is 28.7. The van der Waals surface area contributed by atoms with Gasteiger partial charge in [0.15, 0.2) is 10.9 Å². The van der Waals surface area contributed by atoms with Gasteiger partial charge in [0.05, 0.1) is 15.3 Å². The Morgan fingerprint density at radius 1 is 1.21 bits per heavy atom. The molecular formula is C19H17BrClF2N3OS. The number of halogens is 4. The maximum absolute atomic E-state index is 14.1. The van der Waals surface area contributed by atoms with Crippen molar-refractivity contribution in [3.8, 4) is 0 Å². The van der Waals surface area contributed by atoms with Crippen molar-refractivity contribution in [2.24, 2.45) is 0 Å². The highest BCUT2D eigenvalue weighted by Crippen LogP contribution is 2.33. The molecule has 28 heavy (non-hydrogen) atoms. The van der Waals surface area contributed by atoms with Crippen molar-refractivity contribution in [1.82, 2.24) is 9.88 Å². The Morgan fingerprint density at radius 2 is 1.96 bits per heavy atom. The van der Waals surface area contributed by atoms with E-state index < -0.39 is 11.6 Å². The van der Waals surface area contributed by atoms with Gasteiger partial charge in [0, 0.05) is 17.1 Å². The van der Waals surface area contributed by atoms with Crippen molar-refractivity contribution >= 4 is 60.1 Å². The molecule has 4 nitrogen and oxygen atoms in total. The first-order valence-corrected chi connectivity index (χ1v) is 10.4. The van der Waals surface area contributed by atoms with Crippen molar-refractivity contribution in [2.45, 2.75) is 6.42 Å². The highest BCUT2D eigenvalue weighted by Gasteiger charge is 2.24. The number of carbonyl (C=O) groups excluding carboxylic acids is 1. The van der Waals surface area contributed by atoms with Crippen LogP contribution in [0.1, 0.15) is 16.8 Å². The lowest BCUT2D eigenvalue weighted by molar-refractivity contribution is 0.0986. The standard InChI is InChI=1S/C19H17BrClF2N3OS/c1-25(2)6-3-7-26(18(27)13-8-11(20)4-5-14(13)21)19-24-17-15(23)9-12(22)10-16(17)28-19/h4-5,8-10H,3,6-7H2,1-2H3. The molecule has 0 aliphatic carbocycles. The fourth-order valence-corrected chi connectivity index (χ4v) is 4.29. The maximum atomic E-state index is 14.1. The van der Waals surface area contributed by atoms with E-state index in [2.05, 4.69) is 20.9 Å². The van der Waals surface area contributed by atoms with Crippen LogP contribution in [0.5, 0.6) is 0 Å². The topological polar surface area (TPSA) is 36.4 Å². The fourth-order valence-electron chi connectivity index (χ4n) is 2.70. The van der Waals surface area contributed by atoms with Crippen LogP contribution in [0, 0.1) is 11.6 Å². The molecule has 148 valence electrons. The zero-order valence-corrected chi connectivity index (χ0v) is 18.3. The van der Waals surface area contributed by atoms with E-state index in [4.69, 9.17) is 11.6 Å². The quantitative estimate of drug-likeness (QED) is 0.454. The number of hydrogen-bond acceptors (Lipinski definition) is 4. The van der Waals surface area contributed by atoms with Crippen LogP contribution in [0.15, 0.2) is 34.8 Å². The molecule has 0 N–H and O–H groups in total. The summed E-state index contributed by atoms with van der Waals surface area (Å²) in [4.78, 5) is 21.0.